The number of carbonyl (C=O) groups excluding carboxylic acids is 1. The third-order valence-corrected chi connectivity index (χ3v) is 5.96. The van der Waals surface area contributed by atoms with E-state index in [2.05, 4.69) is 50.2 Å². The van der Waals surface area contributed by atoms with Crippen molar-refractivity contribution in [1.82, 2.24) is 0 Å². The van der Waals surface area contributed by atoms with Gasteiger partial charge in [0.05, 0.1) is 6.61 Å². The predicted octanol–water partition coefficient (Wildman–Crippen LogP) is 7.18. The van der Waals surface area contributed by atoms with Crippen LogP contribution in [0, 0.1) is 5.92 Å². The van der Waals surface area contributed by atoms with Gasteiger partial charge in [0.1, 0.15) is 11.5 Å². The largest absolute Gasteiger partial charge is 0.494 e. The number of hydrogen-bond acceptors (Lipinski definition) is 2. The first-order chi connectivity index (χ1) is 13.7. The van der Waals surface area contributed by atoms with Crippen molar-refractivity contribution in [3.8, 4) is 16.9 Å². The maximum atomic E-state index is 12.6. The highest BCUT2D eigenvalue weighted by Gasteiger charge is 2.29. The molecule has 0 heterocycles. The lowest BCUT2D eigenvalue weighted by atomic mass is 9.76. The lowest BCUT2D eigenvalue weighted by molar-refractivity contribution is -0.123. The summed E-state index contributed by atoms with van der Waals surface area (Å²) in [5.41, 5.74) is 3.55. The quantitative estimate of drug-likeness (QED) is 0.432. The average molecular weight is 379 g/mol. The van der Waals surface area contributed by atoms with Crippen molar-refractivity contribution in [3.05, 3.63) is 54.1 Å². The van der Waals surface area contributed by atoms with Crippen LogP contribution in [0.1, 0.15) is 76.7 Å². The molecule has 2 aromatic carbocycles. The SMILES string of the molecule is CCCCCOc1ccc(-c2ccc(C3CCC(CCC)CC3=O)cc2)cc1. The summed E-state index contributed by atoms with van der Waals surface area (Å²) in [7, 11) is 0. The molecule has 0 N–H and O–H groups in total. The number of ketones is 1. The zero-order valence-corrected chi connectivity index (χ0v) is 17.5. The molecule has 1 aliphatic rings. The Labute approximate surface area is 170 Å². The van der Waals surface area contributed by atoms with Gasteiger partial charge in [-0.05, 0) is 54.0 Å². The van der Waals surface area contributed by atoms with Gasteiger partial charge in [-0.3, -0.25) is 4.79 Å². The first-order valence-corrected chi connectivity index (χ1v) is 11.1. The second-order valence-corrected chi connectivity index (χ2v) is 8.16. The van der Waals surface area contributed by atoms with Crippen molar-refractivity contribution < 1.29 is 9.53 Å². The summed E-state index contributed by atoms with van der Waals surface area (Å²) >= 11 is 0. The van der Waals surface area contributed by atoms with Crippen LogP contribution < -0.4 is 4.74 Å². The number of Topliss-reactive ketones (excluding diaryl/α,β-unsaturated/α-hetero) is 1. The van der Waals surface area contributed by atoms with E-state index >= 15 is 0 Å². The zero-order valence-electron chi connectivity index (χ0n) is 17.5. The summed E-state index contributed by atoms with van der Waals surface area (Å²) in [6.07, 6.45) is 8.87. The summed E-state index contributed by atoms with van der Waals surface area (Å²) in [6, 6.07) is 16.9. The number of carbonyl (C=O) groups is 1. The Morgan fingerprint density at radius 2 is 1.54 bits per heavy atom. The van der Waals surface area contributed by atoms with Crippen LogP contribution in [0.2, 0.25) is 0 Å². The topological polar surface area (TPSA) is 26.3 Å². The molecule has 1 aliphatic carbocycles. The van der Waals surface area contributed by atoms with E-state index in [1.165, 1.54) is 48.8 Å². The molecule has 2 atom stereocenters. The van der Waals surface area contributed by atoms with E-state index in [0.717, 1.165) is 31.6 Å². The Morgan fingerprint density at radius 1 is 0.857 bits per heavy atom. The first-order valence-electron chi connectivity index (χ1n) is 11.1. The van der Waals surface area contributed by atoms with E-state index in [1.807, 2.05) is 12.1 Å². The highest BCUT2D eigenvalue weighted by Crippen LogP contribution is 2.35. The molecule has 2 heteroatoms. The third kappa shape index (κ3) is 5.47. The molecule has 2 nitrogen and oxygen atoms in total. The molecule has 0 spiro atoms. The molecule has 1 fully saturated rings. The molecule has 2 aromatic rings. The lowest BCUT2D eigenvalue weighted by Crippen LogP contribution is -2.23. The zero-order chi connectivity index (χ0) is 19.8. The maximum Gasteiger partial charge on any atom is 0.140 e. The van der Waals surface area contributed by atoms with Crippen molar-refractivity contribution in [2.75, 3.05) is 6.61 Å². The molecule has 150 valence electrons. The van der Waals surface area contributed by atoms with Gasteiger partial charge in [0.2, 0.25) is 0 Å². The maximum absolute atomic E-state index is 12.6. The minimum atomic E-state index is 0.0982. The van der Waals surface area contributed by atoms with Crippen LogP contribution in [0.4, 0.5) is 0 Å². The van der Waals surface area contributed by atoms with Crippen LogP contribution >= 0.6 is 0 Å². The van der Waals surface area contributed by atoms with Crippen LogP contribution in [0.15, 0.2) is 48.5 Å². The number of benzene rings is 2. The van der Waals surface area contributed by atoms with E-state index in [1.54, 1.807) is 0 Å². The Bertz CT molecular complexity index is 730. The van der Waals surface area contributed by atoms with Gasteiger partial charge < -0.3 is 4.74 Å². The van der Waals surface area contributed by atoms with Gasteiger partial charge in [-0.25, -0.2) is 0 Å². The molecule has 0 aliphatic heterocycles. The van der Waals surface area contributed by atoms with Gasteiger partial charge in [-0.2, -0.15) is 0 Å². The standard InChI is InChI=1S/C26H34O2/c1-3-5-6-18-28-24-15-13-22(14-16-24)21-9-11-23(12-10-21)25-17-8-20(7-4-2)19-26(25)27/h9-16,20,25H,3-8,17-19H2,1-2H3. The molecule has 0 aromatic heterocycles. The van der Waals surface area contributed by atoms with Crippen LogP contribution in [-0.4, -0.2) is 12.4 Å². The third-order valence-electron chi connectivity index (χ3n) is 5.96. The van der Waals surface area contributed by atoms with Gasteiger partial charge in [-0.15, -0.1) is 0 Å². The average Bonchev–Trinajstić information content (AvgIpc) is 2.72. The van der Waals surface area contributed by atoms with Crippen molar-refractivity contribution >= 4 is 5.78 Å². The molecular formula is C26H34O2. The van der Waals surface area contributed by atoms with Crippen LogP contribution in [-0.2, 0) is 4.79 Å². The molecule has 0 amide bonds. The van der Waals surface area contributed by atoms with Crippen molar-refractivity contribution in [2.45, 2.75) is 71.1 Å². The van der Waals surface area contributed by atoms with Crippen molar-refractivity contribution in [1.29, 1.82) is 0 Å². The van der Waals surface area contributed by atoms with Gasteiger partial charge >= 0.3 is 0 Å². The minimum Gasteiger partial charge on any atom is -0.494 e. The van der Waals surface area contributed by atoms with Crippen molar-refractivity contribution in [2.24, 2.45) is 5.92 Å². The highest BCUT2D eigenvalue weighted by atomic mass is 16.5. The first kappa shape index (κ1) is 20.6. The number of ether oxygens (including phenoxy) is 1. The van der Waals surface area contributed by atoms with Gasteiger partial charge in [0.15, 0.2) is 0 Å². The van der Waals surface area contributed by atoms with E-state index in [0.29, 0.717) is 11.7 Å². The van der Waals surface area contributed by atoms with Crippen LogP contribution in [0.5, 0.6) is 5.75 Å². The second-order valence-electron chi connectivity index (χ2n) is 8.16. The Balaban J connectivity index is 1.59. The highest BCUT2D eigenvalue weighted by molar-refractivity contribution is 5.86. The van der Waals surface area contributed by atoms with Gasteiger partial charge in [0.25, 0.3) is 0 Å². The van der Waals surface area contributed by atoms with Crippen LogP contribution in [0.25, 0.3) is 11.1 Å². The van der Waals surface area contributed by atoms with E-state index in [9.17, 15) is 4.79 Å². The molecule has 28 heavy (non-hydrogen) atoms. The number of hydrogen-bond donors (Lipinski definition) is 0. The fourth-order valence-electron chi connectivity index (χ4n) is 4.29. The molecule has 0 saturated heterocycles. The van der Waals surface area contributed by atoms with Crippen molar-refractivity contribution in [3.63, 3.8) is 0 Å². The molecule has 0 bridgehead atoms. The molecule has 3 rings (SSSR count). The summed E-state index contributed by atoms with van der Waals surface area (Å²) in [5.74, 6) is 2.07. The van der Waals surface area contributed by atoms with E-state index < -0.39 is 0 Å². The Hall–Kier alpha value is -2.09. The molecule has 1 saturated carbocycles. The Kier molecular flexibility index (Phi) is 7.71. The van der Waals surface area contributed by atoms with Gasteiger partial charge in [0, 0.05) is 12.3 Å². The van der Waals surface area contributed by atoms with E-state index in [4.69, 9.17) is 4.74 Å². The van der Waals surface area contributed by atoms with E-state index in [-0.39, 0.29) is 5.92 Å². The number of unbranched alkanes of at least 4 members (excludes halogenated alkanes) is 2. The predicted molar refractivity (Wildman–Crippen MR) is 117 cm³/mol. The summed E-state index contributed by atoms with van der Waals surface area (Å²) < 4.78 is 5.80. The summed E-state index contributed by atoms with van der Waals surface area (Å²) in [5, 5.41) is 0. The molecular weight excluding hydrogens is 344 g/mol. The summed E-state index contributed by atoms with van der Waals surface area (Å²) in [4.78, 5) is 12.6. The normalized spacial score (nSPS) is 19.6. The van der Waals surface area contributed by atoms with Gasteiger partial charge in [-0.1, -0.05) is 75.9 Å². The Morgan fingerprint density at radius 3 is 2.14 bits per heavy atom. The monoisotopic (exact) mass is 378 g/mol. The fourth-order valence-corrected chi connectivity index (χ4v) is 4.29. The fraction of sp³-hybridized carbons (Fsp3) is 0.500. The smallest absolute Gasteiger partial charge is 0.140 e. The molecule has 0 radical (unpaired) electrons. The molecule has 2 unspecified atom stereocenters. The summed E-state index contributed by atoms with van der Waals surface area (Å²) in [6.45, 7) is 5.20. The number of rotatable bonds is 9. The minimum absolute atomic E-state index is 0.0982. The second kappa shape index (κ2) is 10.5. The lowest BCUT2D eigenvalue weighted by Gasteiger charge is -2.27. The van der Waals surface area contributed by atoms with Crippen LogP contribution in [0.3, 0.4) is 0 Å².